The van der Waals surface area contributed by atoms with Crippen molar-refractivity contribution in [3.63, 3.8) is 0 Å². The van der Waals surface area contributed by atoms with Crippen molar-refractivity contribution in [1.29, 1.82) is 0 Å². The number of benzene rings is 3. The van der Waals surface area contributed by atoms with Crippen LogP contribution in [-0.2, 0) is 20.7 Å². The van der Waals surface area contributed by atoms with Crippen LogP contribution < -0.4 is 4.74 Å². The molecule has 0 spiro atoms. The van der Waals surface area contributed by atoms with Crippen LogP contribution in [-0.4, -0.2) is 19.0 Å². The molecule has 3 aromatic carbocycles. The number of carbonyl (C=O) groups is 2. The van der Waals surface area contributed by atoms with Gasteiger partial charge in [-0.25, -0.2) is 4.79 Å². The predicted molar refractivity (Wildman–Crippen MR) is 102 cm³/mol. The summed E-state index contributed by atoms with van der Waals surface area (Å²) in [7, 11) is 0. The van der Waals surface area contributed by atoms with Crippen molar-refractivity contribution in [2.24, 2.45) is 0 Å². The van der Waals surface area contributed by atoms with Gasteiger partial charge < -0.3 is 9.47 Å². The minimum Gasteiger partial charge on any atom is -0.462 e. The Labute approximate surface area is 152 Å². The minimum absolute atomic E-state index is 0.340. The molecule has 0 N–H and O–H groups in total. The highest BCUT2D eigenvalue weighted by Gasteiger charge is 2.05. The molecule has 0 aliphatic heterocycles. The zero-order valence-electron chi connectivity index (χ0n) is 14.7. The summed E-state index contributed by atoms with van der Waals surface area (Å²) in [6.07, 6.45) is 1.61. The van der Waals surface area contributed by atoms with Crippen molar-refractivity contribution in [3.8, 4) is 5.75 Å². The normalized spacial score (nSPS) is 10.7. The third-order valence-corrected chi connectivity index (χ3v) is 4.25. The van der Waals surface area contributed by atoms with Gasteiger partial charge in [0.2, 0.25) is 0 Å². The Hall–Kier alpha value is -3.14. The van der Waals surface area contributed by atoms with Crippen LogP contribution in [0.5, 0.6) is 5.75 Å². The Morgan fingerprint density at radius 1 is 1.04 bits per heavy atom. The van der Waals surface area contributed by atoms with Gasteiger partial charge in [-0.3, -0.25) is 4.79 Å². The van der Waals surface area contributed by atoms with Crippen molar-refractivity contribution < 1.29 is 19.1 Å². The van der Waals surface area contributed by atoms with Crippen LogP contribution in [0.4, 0.5) is 0 Å². The lowest BCUT2D eigenvalue weighted by atomic mass is 9.98. The largest absolute Gasteiger partial charge is 0.462 e. The molecular weight excluding hydrogens is 328 g/mol. The Bertz CT molecular complexity index is 988. The summed E-state index contributed by atoms with van der Waals surface area (Å²) in [5, 5.41) is 4.44. The molecular formula is C22H20O4. The molecule has 0 aromatic heterocycles. The van der Waals surface area contributed by atoms with E-state index < -0.39 is 0 Å². The number of hydrogen-bond acceptors (Lipinski definition) is 4. The van der Waals surface area contributed by atoms with E-state index in [-0.39, 0.29) is 5.97 Å². The Morgan fingerprint density at radius 3 is 2.42 bits per heavy atom. The second kappa shape index (κ2) is 7.83. The lowest BCUT2D eigenvalue weighted by molar-refractivity contribution is -0.139. The third kappa shape index (κ3) is 3.91. The maximum atomic E-state index is 11.4. The molecule has 26 heavy (non-hydrogen) atoms. The predicted octanol–water partition coefficient (Wildman–Crippen LogP) is 4.58. The van der Waals surface area contributed by atoms with Crippen LogP contribution in [0.3, 0.4) is 0 Å². The molecule has 4 heteroatoms. The van der Waals surface area contributed by atoms with Gasteiger partial charge in [-0.2, -0.15) is 0 Å². The highest BCUT2D eigenvalue weighted by atomic mass is 16.5. The van der Waals surface area contributed by atoms with Crippen LogP contribution in [0.2, 0.25) is 0 Å². The molecule has 0 bridgehead atoms. The second-order valence-corrected chi connectivity index (χ2v) is 6.24. The first kappa shape index (κ1) is 17.7. The van der Waals surface area contributed by atoms with Crippen molar-refractivity contribution in [3.05, 3.63) is 66.2 Å². The molecule has 0 aliphatic rings. The monoisotopic (exact) mass is 348 g/mol. The summed E-state index contributed by atoms with van der Waals surface area (Å²) in [5.74, 6) is 0.195. The Morgan fingerprint density at radius 2 is 1.73 bits per heavy atom. The number of ether oxygens (including phenoxy) is 2. The molecule has 0 atom stereocenters. The number of esters is 1. The fraction of sp³-hybridized carbons (Fsp3) is 0.182. The van der Waals surface area contributed by atoms with E-state index in [2.05, 4.69) is 30.8 Å². The fourth-order valence-electron chi connectivity index (χ4n) is 2.95. The summed E-state index contributed by atoms with van der Waals surface area (Å²) in [6, 6.07) is 16.1. The summed E-state index contributed by atoms with van der Waals surface area (Å²) >= 11 is 0. The summed E-state index contributed by atoms with van der Waals surface area (Å²) in [5.41, 5.74) is 1.62. The zero-order valence-corrected chi connectivity index (χ0v) is 14.7. The first-order valence-corrected chi connectivity index (χ1v) is 8.47. The molecule has 0 amide bonds. The molecule has 3 rings (SSSR count). The molecule has 0 radical (unpaired) electrons. The maximum absolute atomic E-state index is 11.4. The van der Waals surface area contributed by atoms with Gasteiger partial charge in [0.05, 0.1) is 6.61 Å². The SMILES string of the molecule is C=C(C)C(=O)OCCCc1ccc2c(ccc3cc(OC=O)ccc32)c1. The van der Waals surface area contributed by atoms with E-state index in [1.807, 2.05) is 18.2 Å². The molecule has 0 unspecified atom stereocenters. The Kier molecular flexibility index (Phi) is 5.32. The van der Waals surface area contributed by atoms with E-state index in [1.165, 1.54) is 5.56 Å². The first-order chi connectivity index (χ1) is 12.6. The lowest BCUT2D eigenvalue weighted by Crippen LogP contribution is -2.06. The topological polar surface area (TPSA) is 52.6 Å². The van der Waals surface area contributed by atoms with Gasteiger partial charge in [0.1, 0.15) is 5.75 Å². The fourth-order valence-corrected chi connectivity index (χ4v) is 2.95. The van der Waals surface area contributed by atoms with E-state index in [4.69, 9.17) is 9.47 Å². The van der Waals surface area contributed by atoms with Crippen molar-refractivity contribution in [2.75, 3.05) is 6.61 Å². The number of carbonyl (C=O) groups excluding carboxylic acids is 2. The van der Waals surface area contributed by atoms with Crippen LogP contribution in [0, 0.1) is 0 Å². The van der Waals surface area contributed by atoms with Crippen molar-refractivity contribution in [2.45, 2.75) is 19.8 Å². The van der Waals surface area contributed by atoms with Crippen molar-refractivity contribution >= 4 is 34.0 Å². The van der Waals surface area contributed by atoms with Crippen LogP contribution in [0.15, 0.2) is 60.7 Å². The van der Waals surface area contributed by atoms with E-state index in [0.29, 0.717) is 24.4 Å². The van der Waals surface area contributed by atoms with Gasteiger partial charge in [-0.05, 0) is 59.0 Å². The van der Waals surface area contributed by atoms with E-state index in [1.54, 1.807) is 13.0 Å². The van der Waals surface area contributed by atoms with Crippen molar-refractivity contribution in [1.82, 2.24) is 0 Å². The molecule has 0 saturated heterocycles. The average molecular weight is 348 g/mol. The summed E-state index contributed by atoms with van der Waals surface area (Å²) < 4.78 is 10.0. The molecule has 0 heterocycles. The summed E-state index contributed by atoms with van der Waals surface area (Å²) in [6.45, 7) is 6.03. The van der Waals surface area contributed by atoms with Gasteiger partial charge in [0.15, 0.2) is 0 Å². The first-order valence-electron chi connectivity index (χ1n) is 8.47. The summed E-state index contributed by atoms with van der Waals surface area (Å²) in [4.78, 5) is 21.9. The molecule has 0 fully saturated rings. The number of aryl methyl sites for hydroxylation is 1. The standard InChI is InChI=1S/C22H20O4/c1-15(2)22(24)25-11-3-4-16-5-9-20-17(12-16)6-7-18-13-19(26-14-23)8-10-21(18)20/h5-10,12-14H,1,3-4,11H2,2H3. The van der Waals surface area contributed by atoms with Gasteiger partial charge in [0.25, 0.3) is 6.47 Å². The minimum atomic E-state index is -0.340. The smallest absolute Gasteiger partial charge is 0.333 e. The third-order valence-electron chi connectivity index (χ3n) is 4.25. The quantitative estimate of drug-likeness (QED) is 0.206. The molecule has 3 aromatic rings. The lowest BCUT2D eigenvalue weighted by Gasteiger charge is -2.08. The molecule has 0 aliphatic carbocycles. The van der Waals surface area contributed by atoms with E-state index in [0.717, 1.165) is 34.4 Å². The van der Waals surface area contributed by atoms with Crippen LogP contribution in [0.1, 0.15) is 18.9 Å². The van der Waals surface area contributed by atoms with Crippen LogP contribution >= 0.6 is 0 Å². The van der Waals surface area contributed by atoms with Gasteiger partial charge >= 0.3 is 5.97 Å². The van der Waals surface area contributed by atoms with Gasteiger partial charge in [-0.15, -0.1) is 0 Å². The molecule has 0 saturated carbocycles. The Balaban J connectivity index is 1.75. The second-order valence-electron chi connectivity index (χ2n) is 6.24. The number of rotatable bonds is 7. The number of hydrogen-bond donors (Lipinski definition) is 0. The highest BCUT2D eigenvalue weighted by molar-refractivity contribution is 6.08. The maximum Gasteiger partial charge on any atom is 0.333 e. The number of fused-ring (bicyclic) bond motifs is 3. The van der Waals surface area contributed by atoms with E-state index in [9.17, 15) is 9.59 Å². The average Bonchev–Trinajstić information content (AvgIpc) is 2.64. The molecule has 4 nitrogen and oxygen atoms in total. The van der Waals surface area contributed by atoms with Gasteiger partial charge in [-0.1, -0.05) is 43.0 Å². The van der Waals surface area contributed by atoms with E-state index >= 15 is 0 Å². The highest BCUT2D eigenvalue weighted by Crippen LogP contribution is 2.29. The zero-order chi connectivity index (χ0) is 18.5. The molecule has 132 valence electrons. The van der Waals surface area contributed by atoms with Crippen LogP contribution in [0.25, 0.3) is 21.5 Å². The van der Waals surface area contributed by atoms with Gasteiger partial charge in [0, 0.05) is 5.57 Å².